The summed E-state index contributed by atoms with van der Waals surface area (Å²) in [6.07, 6.45) is 3.33. The molecule has 0 aromatic heterocycles. The molecule has 0 atom stereocenters. The predicted molar refractivity (Wildman–Crippen MR) is 66.2 cm³/mol. The van der Waals surface area contributed by atoms with Gasteiger partial charge < -0.3 is 15.4 Å². The van der Waals surface area contributed by atoms with Crippen LogP contribution in [-0.4, -0.2) is 43.7 Å². The second-order valence-electron chi connectivity index (χ2n) is 3.94. The van der Waals surface area contributed by atoms with Gasteiger partial charge in [0.05, 0.1) is 0 Å². The van der Waals surface area contributed by atoms with E-state index in [4.69, 9.17) is 10.5 Å². The third-order valence-corrected chi connectivity index (χ3v) is 2.81. The van der Waals surface area contributed by atoms with Crippen molar-refractivity contribution in [2.45, 2.75) is 45.6 Å². The fourth-order valence-corrected chi connectivity index (χ4v) is 1.89. The van der Waals surface area contributed by atoms with Crippen LogP contribution < -0.4 is 5.73 Å². The SMILES string of the molecule is CCC(CC)N(CCN)C(=O)CCCOC. The van der Waals surface area contributed by atoms with Crippen LogP contribution in [0, 0.1) is 0 Å². The van der Waals surface area contributed by atoms with Gasteiger partial charge in [-0.25, -0.2) is 0 Å². The van der Waals surface area contributed by atoms with Crippen molar-refractivity contribution in [3.8, 4) is 0 Å². The zero-order chi connectivity index (χ0) is 12.4. The van der Waals surface area contributed by atoms with Gasteiger partial charge in [0.25, 0.3) is 0 Å². The largest absolute Gasteiger partial charge is 0.385 e. The summed E-state index contributed by atoms with van der Waals surface area (Å²) in [5, 5.41) is 0. The summed E-state index contributed by atoms with van der Waals surface area (Å²) in [6.45, 7) is 6.07. The second kappa shape index (κ2) is 9.60. The van der Waals surface area contributed by atoms with Gasteiger partial charge >= 0.3 is 0 Å². The lowest BCUT2D eigenvalue weighted by atomic mass is 10.1. The normalized spacial score (nSPS) is 10.8. The maximum atomic E-state index is 12.0. The van der Waals surface area contributed by atoms with E-state index in [0.717, 1.165) is 19.3 Å². The molecule has 0 aliphatic heterocycles. The van der Waals surface area contributed by atoms with Crippen LogP contribution in [-0.2, 0) is 9.53 Å². The van der Waals surface area contributed by atoms with Gasteiger partial charge in [0.15, 0.2) is 0 Å². The van der Waals surface area contributed by atoms with E-state index in [0.29, 0.717) is 32.2 Å². The molecule has 0 bridgehead atoms. The summed E-state index contributed by atoms with van der Waals surface area (Å²) < 4.78 is 4.95. The first kappa shape index (κ1) is 15.4. The van der Waals surface area contributed by atoms with Crippen LogP contribution in [0.5, 0.6) is 0 Å². The predicted octanol–water partition coefficient (Wildman–Crippen LogP) is 1.39. The lowest BCUT2D eigenvalue weighted by molar-refractivity contribution is -0.133. The molecule has 4 nitrogen and oxygen atoms in total. The Bertz CT molecular complexity index is 182. The van der Waals surface area contributed by atoms with E-state index < -0.39 is 0 Å². The zero-order valence-corrected chi connectivity index (χ0v) is 10.9. The molecule has 0 saturated heterocycles. The van der Waals surface area contributed by atoms with E-state index >= 15 is 0 Å². The molecule has 16 heavy (non-hydrogen) atoms. The van der Waals surface area contributed by atoms with Gasteiger partial charge in [-0.05, 0) is 19.3 Å². The van der Waals surface area contributed by atoms with Crippen molar-refractivity contribution in [3.63, 3.8) is 0 Å². The maximum Gasteiger partial charge on any atom is 0.222 e. The van der Waals surface area contributed by atoms with Crippen molar-refractivity contribution in [2.75, 3.05) is 26.8 Å². The van der Waals surface area contributed by atoms with E-state index in [2.05, 4.69) is 13.8 Å². The summed E-state index contributed by atoms with van der Waals surface area (Å²) in [7, 11) is 1.66. The average molecular weight is 230 g/mol. The Morgan fingerprint density at radius 2 is 2.00 bits per heavy atom. The molecule has 0 rings (SSSR count). The maximum absolute atomic E-state index is 12.0. The molecule has 0 fully saturated rings. The van der Waals surface area contributed by atoms with Crippen molar-refractivity contribution >= 4 is 5.91 Å². The molecule has 1 amide bonds. The molecule has 0 aliphatic carbocycles. The van der Waals surface area contributed by atoms with Gasteiger partial charge in [0, 0.05) is 39.3 Å². The lowest BCUT2D eigenvalue weighted by Crippen LogP contribution is -2.42. The smallest absolute Gasteiger partial charge is 0.222 e. The first-order valence-electron chi connectivity index (χ1n) is 6.19. The van der Waals surface area contributed by atoms with Crippen molar-refractivity contribution in [2.24, 2.45) is 5.73 Å². The number of rotatable bonds is 9. The molecule has 0 aromatic carbocycles. The number of hydrogen-bond donors (Lipinski definition) is 1. The molecular weight excluding hydrogens is 204 g/mol. The molecule has 0 aliphatic rings. The Balaban J connectivity index is 4.21. The van der Waals surface area contributed by atoms with Crippen LogP contribution in [0.25, 0.3) is 0 Å². The molecule has 0 saturated carbocycles. The Morgan fingerprint density at radius 3 is 2.44 bits per heavy atom. The van der Waals surface area contributed by atoms with Gasteiger partial charge in [0.2, 0.25) is 5.91 Å². The van der Waals surface area contributed by atoms with Gasteiger partial charge in [-0.15, -0.1) is 0 Å². The summed E-state index contributed by atoms with van der Waals surface area (Å²) in [6, 6.07) is 0.332. The standard InChI is InChI=1S/C12H26N2O2/c1-4-11(5-2)14(9-8-13)12(15)7-6-10-16-3/h11H,4-10,13H2,1-3H3. The first-order valence-corrected chi connectivity index (χ1v) is 6.19. The molecule has 0 radical (unpaired) electrons. The topological polar surface area (TPSA) is 55.6 Å². The highest BCUT2D eigenvalue weighted by molar-refractivity contribution is 5.76. The Kier molecular flexibility index (Phi) is 9.24. The third kappa shape index (κ3) is 5.47. The number of hydrogen-bond acceptors (Lipinski definition) is 3. The van der Waals surface area contributed by atoms with E-state index in [-0.39, 0.29) is 5.91 Å². The van der Waals surface area contributed by atoms with Crippen molar-refractivity contribution in [3.05, 3.63) is 0 Å². The van der Waals surface area contributed by atoms with Crippen LogP contribution >= 0.6 is 0 Å². The van der Waals surface area contributed by atoms with Crippen LogP contribution in [0.15, 0.2) is 0 Å². The lowest BCUT2D eigenvalue weighted by Gasteiger charge is -2.30. The Labute approximate surface area is 99.1 Å². The first-order chi connectivity index (χ1) is 7.71. The highest BCUT2D eigenvalue weighted by Crippen LogP contribution is 2.10. The Morgan fingerprint density at radius 1 is 1.38 bits per heavy atom. The number of nitrogens with zero attached hydrogens (tertiary/aromatic N) is 1. The molecule has 0 heterocycles. The Hall–Kier alpha value is -0.610. The summed E-state index contributed by atoms with van der Waals surface area (Å²) in [4.78, 5) is 13.9. The summed E-state index contributed by atoms with van der Waals surface area (Å²) in [5.74, 6) is 0.205. The fraction of sp³-hybridized carbons (Fsp3) is 0.917. The molecule has 0 unspecified atom stereocenters. The zero-order valence-electron chi connectivity index (χ0n) is 10.9. The molecule has 0 spiro atoms. The monoisotopic (exact) mass is 230 g/mol. The quantitative estimate of drug-likeness (QED) is 0.609. The van der Waals surface area contributed by atoms with Crippen LogP contribution in [0.1, 0.15) is 39.5 Å². The average Bonchev–Trinajstić information content (AvgIpc) is 2.29. The van der Waals surface area contributed by atoms with E-state index in [1.807, 2.05) is 4.90 Å². The highest BCUT2D eigenvalue weighted by atomic mass is 16.5. The minimum Gasteiger partial charge on any atom is -0.385 e. The van der Waals surface area contributed by atoms with E-state index in [9.17, 15) is 4.79 Å². The number of methoxy groups -OCH3 is 1. The van der Waals surface area contributed by atoms with Gasteiger partial charge in [-0.1, -0.05) is 13.8 Å². The van der Waals surface area contributed by atoms with Crippen molar-refractivity contribution in [1.29, 1.82) is 0 Å². The molecule has 96 valence electrons. The second-order valence-corrected chi connectivity index (χ2v) is 3.94. The van der Waals surface area contributed by atoms with E-state index in [1.54, 1.807) is 7.11 Å². The van der Waals surface area contributed by atoms with Crippen LogP contribution in [0.4, 0.5) is 0 Å². The number of carbonyl (C=O) groups is 1. The fourth-order valence-electron chi connectivity index (χ4n) is 1.89. The number of amides is 1. The molecular formula is C12H26N2O2. The number of ether oxygens (including phenoxy) is 1. The third-order valence-electron chi connectivity index (χ3n) is 2.81. The van der Waals surface area contributed by atoms with Crippen molar-refractivity contribution < 1.29 is 9.53 Å². The summed E-state index contributed by atoms with van der Waals surface area (Å²) in [5.41, 5.74) is 5.55. The highest BCUT2D eigenvalue weighted by Gasteiger charge is 2.19. The number of nitrogens with two attached hydrogens (primary N) is 1. The van der Waals surface area contributed by atoms with Crippen molar-refractivity contribution in [1.82, 2.24) is 4.90 Å². The van der Waals surface area contributed by atoms with Gasteiger partial charge in [-0.3, -0.25) is 4.79 Å². The molecule has 0 aromatic rings. The van der Waals surface area contributed by atoms with Gasteiger partial charge in [-0.2, -0.15) is 0 Å². The van der Waals surface area contributed by atoms with E-state index in [1.165, 1.54) is 0 Å². The number of carbonyl (C=O) groups excluding carboxylic acids is 1. The summed E-state index contributed by atoms with van der Waals surface area (Å²) >= 11 is 0. The van der Waals surface area contributed by atoms with Crippen LogP contribution in [0.3, 0.4) is 0 Å². The van der Waals surface area contributed by atoms with Gasteiger partial charge in [0.1, 0.15) is 0 Å². The minimum absolute atomic E-state index is 0.205. The molecule has 2 N–H and O–H groups in total. The molecule has 4 heteroatoms. The van der Waals surface area contributed by atoms with Crippen LogP contribution in [0.2, 0.25) is 0 Å². The minimum atomic E-state index is 0.205.